The van der Waals surface area contributed by atoms with Crippen molar-refractivity contribution in [2.75, 3.05) is 0 Å². The van der Waals surface area contributed by atoms with Crippen LogP contribution in [0.1, 0.15) is 12.8 Å². The summed E-state index contributed by atoms with van der Waals surface area (Å²) in [6, 6.07) is 0. The number of rotatable bonds is 5. The van der Waals surface area contributed by atoms with E-state index in [4.69, 9.17) is 37.6 Å². The zero-order chi connectivity index (χ0) is 18.7. The molecule has 0 aromatic heterocycles. The minimum atomic E-state index is -4.67. The first kappa shape index (κ1) is 40.3. The third-order valence-corrected chi connectivity index (χ3v) is 1.25. The number of carbonyl (C=O) groups excluding carboxylic acids is 3. The van der Waals surface area contributed by atoms with E-state index < -0.39 is 52.9 Å². The van der Waals surface area contributed by atoms with Crippen LogP contribution in [0.4, 0.5) is 4.79 Å². The van der Waals surface area contributed by atoms with Crippen molar-refractivity contribution in [1.29, 1.82) is 0 Å². The molecule has 0 aromatic carbocycles. The van der Waals surface area contributed by atoms with Gasteiger partial charge in [0.05, 0.1) is 5.97 Å². The standard InChI is InChI=1S/C6H8O7.CH2O3.3Na.H2O4S/c7-3(8)1-6(13,5(11)12)2-4(9)10;2-1(3)4;;;;1-5(2,3)4/h13H,1-2H2,(H,7,8)(H,9,10)(H,11,12);(H2,2,3,4);;;;(H2,1,2,3,4)/q;;3*+1;/p-3. The summed E-state index contributed by atoms with van der Waals surface area (Å²) in [5, 5.41) is 52.9. The van der Waals surface area contributed by atoms with Crippen molar-refractivity contribution >= 4 is 34.5 Å². The number of carboxylic acid groups (broad SMARTS) is 5. The van der Waals surface area contributed by atoms with Gasteiger partial charge in [0.15, 0.2) is 0 Å². The van der Waals surface area contributed by atoms with Crippen LogP contribution in [0, 0.1) is 0 Å². The Morgan fingerprint density at radius 2 is 0.960 bits per heavy atom. The van der Waals surface area contributed by atoms with Gasteiger partial charge in [-0.25, -0.2) is 4.79 Å². The Kier molecular flexibility index (Phi) is 31.0. The molecule has 0 aromatic rings. The van der Waals surface area contributed by atoms with Crippen LogP contribution >= 0.6 is 0 Å². The SMILES string of the molecule is O=C(O)O.O=C([O-])CC(O)(CC(=O)[O-])C(=O)[O-].O=S(=O)(O)O.[Na+].[Na+].[Na+]. The number of hydrogen-bond acceptors (Lipinski definition) is 10. The van der Waals surface area contributed by atoms with Crippen LogP contribution in [-0.2, 0) is 24.8 Å². The van der Waals surface area contributed by atoms with Crippen molar-refractivity contribution in [3.8, 4) is 0 Å². The molecule has 0 amide bonds. The van der Waals surface area contributed by atoms with Gasteiger partial charge >= 0.3 is 105 Å². The molecule has 0 heterocycles. The number of aliphatic carboxylic acids is 3. The molecule has 0 aliphatic heterocycles. The molecule has 0 saturated carbocycles. The zero-order valence-corrected chi connectivity index (χ0v) is 20.0. The smallest absolute Gasteiger partial charge is 0.550 e. The van der Waals surface area contributed by atoms with E-state index in [9.17, 15) is 29.7 Å². The molecule has 18 heteroatoms. The molecule has 0 fully saturated rings. The van der Waals surface area contributed by atoms with Gasteiger partial charge in [0.25, 0.3) is 0 Å². The summed E-state index contributed by atoms with van der Waals surface area (Å²) in [6.07, 6.45) is -4.55. The molecular weight excluding hydrogens is 409 g/mol. The van der Waals surface area contributed by atoms with Crippen molar-refractivity contribution in [2.45, 2.75) is 18.4 Å². The average Bonchev–Trinajstić information content (AvgIpc) is 2.09. The summed E-state index contributed by atoms with van der Waals surface area (Å²) in [4.78, 5) is 38.6. The fraction of sp³-hybridized carbons (Fsp3) is 0.429. The van der Waals surface area contributed by atoms with Gasteiger partial charge in [-0.05, 0) is 0 Å². The molecular formula is C7H9Na3O14S. The van der Waals surface area contributed by atoms with Gasteiger partial charge < -0.3 is 45.0 Å². The Hall–Kier alpha value is 0.510. The number of carbonyl (C=O) groups is 4. The summed E-state index contributed by atoms with van der Waals surface area (Å²) >= 11 is 0. The molecule has 0 saturated heterocycles. The summed E-state index contributed by atoms with van der Waals surface area (Å²) in [5.41, 5.74) is -2.97. The van der Waals surface area contributed by atoms with Crippen molar-refractivity contribution in [3.05, 3.63) is 0 Å². The van der Waals surface area contributed by atoms with E-state index in [1.165, 1.54) is 0 Å². The van der Waals surface area contributed by atoms with Crippen molar-refractivity contribution < 1.29 is 156 Å². The van der Waals surface area contributed by atoms with E-state index >= 15 is 0 Å². The van der Waals surface area contributed by atoms with E-state index in [0.717, 1.165) is 0 Å². The predicted octanol–water partition coefficient (Wildman–Crippen LogP) is -14.7. The van der Waals surface area contributed by atoms with Crippen LogP contribution in [0.5, 0.6) is 0 Å². The topological polar surface area (TPSA) is 273 Å². The molecule has 5 N–H and O–H groups in total. The van der Waals surface area contributed by atoms with Crippen molar-refractivity contribution in [2.24, 2.45) is 0 Å². The Labute approximate surface area is 206 Å². The van der Waals surface area contributed by atoms with E-state index in [0.29, 0.717) is 0 Å². The van der Waals surface area contributed by atoms with Crippen molar-refractivity contribution in [3.63, 3.8) is 0 Å². The van der Waals surface area contributed by atoms with Gasteiger partial charge in [-0.3, -0.25) is 9.11 Å². The molecule has 0 aliphatic carbocycles. The monoisotopic (exact) mass is 418 g/mol. The van der Waals surface area contributed by atoms with Gasteiger partial charge in [0, 0.05) is 24.8 Å². The van der Waals surface area contributed by atoms with Gasteiger partial charge in [-0.2, -0.15) is 8.42 Å². The normalized spacial score (nSPS) is 8.92. The summed E-state index contributed by atoms with van der Waals surface area (Å²) < 4.78 is 31.6. The Morgan fingerprint density at radius 3 is 1.04 bits per heavy atom. The first-order chi connectivity index (χ1) is 9.51. The van der Waals surface area contributed by atoms with E-state index in [2.05, 4.69) is 0 Å². The van der Waals surface area contributed by atoms with E-state index in [1.807, 2.05) is 0 Å². The predicted molar refractivity (Wildman–Crippen MR) is 54.0 cm³/mol. The summed E-state index contributed by atoms with van der Waals surface area (Å²) in [7, 11) is -4.67. The minimum Gasteiger partial charge on any atom is -0.550 e. The second-order valence-electron chi connectivity index (χ2n) is 3.15. The van der Waals surface area contributed by atoms with Crippen LogP contribution in [0.3, 0.4) is 0 Å². The van der Waals surface area contributed by atoms with Gasteiger partial charge in [-0.15, -0.1) is 0 Å². The van der Waals surface area contributed by atoms with Gasteiger partial charge in [0.1, 0.15) is 5.60 Å². The van der Waals surface area contributed by atoms with E-state index in [-0.39, 0.29) is 88.7 Å². The summed E-state index contributed by atoms with van der Waals surface area (Å²) in [6.45, 7) is 0. The molecule has 0 spiro atoms. The third-order valence-electron chi connectivity index (χ3n) is 1.25. The maximum atomic E-state index is 10.1. The first-order valence-corrected chi connectivity index (χ1v) is 5.86. The summed E-state index contributed by atoms with van der Waals surface area (Å²) in [5.74, 6) is -5.98. The first-order valence-electron chi connectivity index (χ1n) is 4.46. The molecule has 0 unspecified atom stereocenters. The van der Waals surface area contributed by atoms with Crippen molar-refractivity contribution in [1.82, 2.24) is 0 Å². The molecule has 0 atom stereocenters. The Balaban J connectivity index is -0.0000000638. The molecule has 130 valence electrons. The molecule has 0 rings (SSSR count). The van der Waals surface area contributed by atoms with Crippen LogP contribution in [0.15, 0.2) is 0 Å². The van der Waals surface area contributed by atoms with Gasteiger partial charge in [0.2, 0.25) is 0 Å². The quantitative estimate of drug-likeness (QED) is 0.205. The van der Waals surface area contributed by atoms with Crippen LogP contribution in [0.25, 0.3) is 0 Å². The van der Waals surface area contributed by atoms with Crippen LogP contribution in [-0.4, -0.2) is 62.5 Å². The number of carboxylic acids is 3. The fourth-order valence-corrected chi connectivity index (χ4v) is 0.684. The maximum Gasteiger partial charge on any atom is 1.00 e. The molecule has 0 aliphatic rings. The largest absolute Gasteiger partial charge is 1.00 e. The van der Waals surface area contributed by atoms with Crippen LogP contribution in [0.2, 0.25) is 0 Å². The van der Waals surface area contributed by atoms with Crippen LogP contribution < -0.4 is 104 Å². The maximum absolute atomic E-state index is 10.1. The molecule has 14 nitrogen and oxygen atoms in total. The molecule has 25 heavy (non-hydrogen) atoms. The van der Waals surface area contributed by atoms with E-state index in [1.54, 1.807) is 0 Å². The Morgan fingerprint density at radius 1 is 0.800 bits per heavy atom. The third kappa shape index (κ3) is 45.6. The minimum absolute atomic E-state index is 0. The fourth-order valence-electron chi connectivity index (χ4n) is 0.684. The second-order valence-corrected chi connectivity index (χ2v) is 4.04. The Bertz CT molecular complexity index is 489. The number of hydrogen-bond donors (Lipinski definition) is 5. The molecule has 0 radical (unpaired) electrons. The molecule has 0 bridgehead atoms. The second kappa shape index (κ2) is 19.3. The van der Waals surface area contributed by atoms with Gasteiger partial charge in [-0.1, -0.05) is 0 Å². The number of aliphatic hydroxyl groups is 1. The average molecular weight is 418 g/mol. The zero-order valence-electron chi connectivity index (χ0n) is 13.2.